The lowest BCUT2D eigenvalue weighted by atomic mass is 10.2. The molecule has 0 bridgehead atoms. The second-order valence-corrected chi connectivity index (χ2v) is 6.17. The summed E-state index contributed by atoms with van der Waals surface area (Å²) in [5, 5.41) is 13.7. The number of aromatic nitrogens is 2. The van der Waals surface area contributed by atoms with Crippen LogP contribution < -0.4 is 5.32 Å². The molecule has 0 saturated heterocycles. The predicted molar refractivity (Wildman–Crippen MR) is 88.6 cm³/mol. The highest BCUT2D eigenvalue weighted by atomic mass is 35.5. The number of para-hydroxylation sites is 1. The third-order valence-electron chi connectivity index (χ3n) is 3.22. The van der Waals surface area contributed by atoms with Crippen molar-refractivity contribution in [3.05, 3.63) is 45.6 Å². The van der Waals surface area contributed by atoms with Crippen LogP contribution in [0.1, 0.15) is 21.1 Å². The number of carboxylic acids is 1. The van der Waals surface area contributed by atoms with E-state index in [2.05, 4.69) is 15.3 Å². The van der Waals surface area contributed by atoms with Crippen LogP contribution in [-0.4, -0.2) is 21.0 Å². The largest absolute Gasteiger partial charge is 0.477 e. The van der Waals surface area contributed by atoms with Gasteiger partial charge in [-0.05, 0) is 31.5 Å². The van der Waals surface area contributed by atoms with Gasteiger partial charge >= 0.3 is 5.97 Å². The van der Waals surface area contributed by atoms with E-state index in [-0.39, 0.29) is 4.88 Å². The van der Waals surface area contributed by atoms with Gasteiger partial charge in [0.25, 0.3) is 0 Å². The van der Waals surface area contributed by atoms with Crippen LogP contribution >= 0.6 is 22.9 Å². The molecule has 0 saturated carbocycles. The summed E-state index contributed by atoms with van der Waals surface area (Å²) in [5.74, 6) is 0.180. The van der Waals surface area contributed by atoms with Gasteiger partial charge in [0.15, 0.2) is 0 Å². The molecule has 112 valence electrons. The highest BCUT2D eigenvalue weighted by Crippen LogP contribution is 2.36. The fourth-order valence-corrected chi connectivity index (χ4v) is 3.48. The summed E-state index contributed by atoms with van der Waals surface area (Å²) in [7, 11) is 0. The van der Waals surface area contributed by atoms with E-state index in [1.165, 1.54) is 0 Å². The lowest BCUT2D eigenvalue weighted by Gasteiger charge is -2.09. The zero-order valence-corrected chi connectivity index (χ0v) is 13.4. The van der Waals surface area contributed by atoms with E-state index >= 15 is 0 Å². The summed E-state index contributed by atoms with van der Waals surface area (Å²) >= 11 is 7.31. The number of carboxylic acid groups (broad SMARTS) is 1. The van der Waals surface area contributed by atoms with Crippen LogP contribution in [0.4, 0.5) is 11.5 Å². The Labute approximate surface area is 135 Å². The summed E-state index contributed by atoms with van der Waals surface area (Å²) in [6.07, 6.45) is 0. The first kappa shape index (κ1) is 14.7. The Bertz CT molecular complexity index is 892. The third kappa shape index (κ3) is 2.51. The molecule has 0 aliphatic carbocycles. The molecule has 0 atom stereocenters. The predicted octanol–water partition coefficient (Wildman–Crippen LogP) is 4.40. The topological polar surface area (TPSA) is 75.1 Å². The van der Waals surface area contributed by atoms with Gasteiger partial charge in [-0.25, -0.2) is 14.8 Å². The van der Waals surface area contributed by atoms with Gasteiger partial charge in [-0.15, -0.1) is 11.3 Å². The number of nitrogens with one attached hydrogen (secondary N) is 1. The molecule has 0 fully saturated rings. The number of aryl methyl sites for hydroxylation is 2. The molecular formula is C15H12ClN3O2S. The Balaban J connectivity index is 2.20. The number of fused-ring (bicyclic) bond motifs is 1. The lowest BCUT2D eigenvalue weighted by molar-refractivity contribution is 0.0701. The SMILES string of the molecule is Cc1nc(Nc2ccccc2Cl)c2c(C)c(C(=O)O)sc2n1. The molecule has 0 aliphatic rings. The Morgan fingerprint density at radius 2 is 2.00 bits per heavy atom. The highest BCUT2D eigenvalue weighted by molar-refractivity contribution is 7.20. The molecule has 0 unspecified atom stereocenters. The number of anilines is 2. The molecule has 0 aliphatic heterocycles. The first-order valence-corrected chi connectivity index (χ1v) is 7.69. The fourth-order valence-electron chi connectivity index (χ4n) is 2.23. The maximum absolute atomic E-state index is 11.3. The van der Waals surface area contributed by atoms with Crippen molar-refractivity contribution in [1.82, 2.24) is 9.97 Å². The van der Waals surface area contributed by atoms with Crippen molar-refractivity contribution >= 4 is 50.6 Å². The Hall–Kier alpha value is -2.18. The van der Waals surface area contributed by atoms with Gasteiger partial charge in [0, 0.05) is 0 Å². The monoisotopic (exact) mass is 333 g/mol. The second-order valence-electron chi connectivity index (χ2n) is 4.77. The van der Waals surface area contributed by atoms with Gasteiger partial charge in [-0.2, -0.15) is 0 Å². The zero-order valence-electron chi connectivity index (χ0n) is 11.8. The number of nitrogens with zero attached hydrogens (tertiary/aromatic N) is 2. The van der Waals surface area contributed by atoms with E-state index in [0.717, 1.165) is 11.3 Å². The minimum atomic E-state index is -0.957. The number of thiophene rings is 1. The van der Waals surface area contributed by atoms with E-state index in [1.54, 1.807) is 19.9 Å². The van der Waals surface area contributed by atoms with E-state index in [0.29, 0.717) is 38.1 Å². The number of hydrogen-bond donors (Lipinski definition) is 2. The van der Waals surface area contributed by atoms with Crippen molar-refractivity contribution in [2.24, 2.45) is 0 Å². The maximum atomic E-state index is 11.3. The molecule has 0 spiro atoms. The van der Waals surface area contributed by atoms with Gasteiger partial charge in [-0.1, -0.05) is 23.7 Å². The van der Waals surface area contributed by atoms with Crippen molar-refractivity contribution in [2.75, 3.05) is 5.32 Å². The molecule has 7 heteroatoms. The average molecular weight is 334 g/mol. The highest BCUT2D eigenvalue weighted by Gasteiger charge is 2.19. The molecule has 3 rings (SSSR count). The Morgan fingerprint density at radius 3 is 2.68 bits per heavy atom. The number of halogens is 1. The number of rotatable bonds is 3. The van der Waals surface area contributed by atoms with Crippen molar-refractivity contribution in [3.8, 4) is 0 Å². The van der Waals surface area contributed by atoms with Crippen LogP contribution in [0.15, 0.2) is 24.3 Å². The van der Waals surface area contributed by atoms with E-state index in [1.807, 2.05) is 18.2 Å². The minimum Gasteiger partial charge on any atom is -0.477 e. The summed E-state index contributed by atoms with van der Waals surface area (Å²) in [4.78, 5) is 21.0. The van der Waals surface area contributed by atoms with Crippen molar-refractivity contribution in [3.63, 3.8) is 0 Å². The summed E-state index contributed by atoms with van der Waals surface area (Å²) in [6, 6.07) is 7.32. The number of benzene rings is 1. The van der Waals surface area contributed by atoms with Crippen LogP contribution in [0, 0.1) is 13.8 Å². The van der Waals surface area contributed by atoms with Crippen molar-refractivity contribution in [2.45, 2.75) is 13.8 Å². The van der Waals surface area contributed by atoms with Crippen LogP contribution in [-0.2, 0) is 0 Å². The molecule has 1 aromatic carbocycles. The Kier molecular flexibility index (Phi) is 3.72. The quantitative estimate of drug-likeness (QED) is 0.742. The molecule has 2 heterocycles. The van der Waals surface area contributed by atoms with Gasteiger partial charge in [-0.3, -0.25) is 0 Å². The van der Waals surface area contributed by atoms with Gasteiger partial charge in [0.2, 0.25) is 0 Å². The van der Waals surface area contributed by atoms with E-state index in [4.69, 9.17) is 11.6 Å². The van der Waals surface area contributed by atoms with Crippen LogP contribution in [0.3, 0.4) is 0 Å². The molecule has 0 amide bonds. The molecule has 22 heavy (non-hydrogen) atoms. The fraction of sp³-hybridized carbons (Fsp3) is 0.133. The van der Waals surface area contributed by atoms with Gasteiger partial charge in [0.05, 0.1) is 16.1 Å². The van der Waals surface area contributed by atoms with Crippen LogP contribution in [0.5, 0.6) is 0 Å². The average Bonchev–Trinajstić information content (AvgIpc) is 2.78. The first-order chi connectivity index (χ1) is 10.5. The minimum absolute atomic E-state index is 0.275. The molecule has 3 aromatic rings. The Morgan fingerprint density at radius 1 is 1.27 bits per heavy atom. The molecular weight excluding hydrogens is 322 g/mol. The third-order valence-corrected chi connectivity index (χ3v) is 4.73. The molecule has 2 N–H and O–H groups in total. The van der Waals surface area contributed by atoms with Gasteiger partial charge < -0.3 is 10.4 Å². The normalized spacial score (nSPS) is 10.9. The van der Waals surface area contributed by atoms with Crippen LogP contribution in [0.2, 0.25) is 5.02 Å². The van der Waals surface area contributed by atoms with E-state index in [9.17, 15) is 9.90 Å². The summed E-state index contributed by atoms with van der Waals surface area (Å²) in [5.41, 5.74) is 1.37. The number of aromatic carboxylic acids is 1. The van der Waals surface area contributed by atoms with Crippen LogP contribution in [0.25, 0.3) is 10.2 Å². The zero-order chi connectivity index (χ0) is 15.9. The molecule has 2 aromatic heterocycles. The molecule has 0 radical (unpaired) electrons. The number of carbonyl (C=O) groups is 1. The van der Waals surface area contributed by atoms with Gasteiger partial charge in [0.1, 0.15) is 21.3 Å². The summed E-state index contributed by atoms with van der Waals surface area (Å²) in [6.45, 7) is 3.53. The van der Waals surface area contributed by atoms with Crippen molar-refractivity contribution in [1.29, 1.82) is 0 Å². The van der Waals surface area contributed by atoms with E-state index < -0.39 is 5.97 Å². The van der Waals surface area contributed by atoms with Crippen molar-refractivity contribution < 1.29 is 9.90 Å². The first-order valence-electron chi connectivity index (χ1n) is 6.50. The summed E-state index contributed by atoms with van der Waals surface area (Å²) < 4.78 is 0. The maximum Gasteiger partial charge on any atom is 0.346 e. The second kappa shape index (κ2) is 5.55. The molecule has 5 nitrogen and oxygen atoms in total. The lowest BCUT2D eigenvalue weighted by Crippen LogP contribution is -1.99. The number of hydrogen-bond acceptors (Lipinski definition) is 5. The standard InChI is InChI=1S/C15H12ClN3O2S/c1-7-11-13(19-10-6-4-3-5-9(10)16)17-8(2)18-14(11)22-12(7)15(20)21/h3-6H,1-2H3,(H,20,21)(H,17,18,19). The smallest absolute Gasteiger partial charge is 0.346 e.